The number of rotatable bonds is 5. The van der Waals surface area contributed by atoms with Gasteiger partial charge in [0.2, 0.25) is 0 Å². The molecule has 1 aliphatic heterocycles. The standard InChI is InChI=1S/C9H14N2O3/c1-7(8(12)13)3-2-5-11-6-4-10-9(11)14/h1-6H2,(H,10,14)(H,12,13). The molecule has 0 unspecified atom stereocenters. The third kappa shape index (κ3) is 2.76. The molecule has 0 aromatic rings. The van der Waals surface area contributed by atoms with E-state index >= 15 is 0 Å². The fourth-order valence-electron chi connectivity index (χ4n) is 1.31. The van der Waals surface area contributed by atoms with Crippen LogP contribution in [0.2, 0.25) is 0 Å². The predicted molar refractivity (Wildman–Crippen MR) is 51.0 cm³/mol. The molecule has 0 aromatic carbocycles. The lowest BCUT2D eigenvalue weighted by Gasteiger charge is -2.13. The lowest BCUT2D eigenvalue weighted by molar-refractivity contribution is -0.132. The summed E-state index contributed by atoms with van der Waals surface area (Å²) in [6.07, 6.45) is 1.08. The van der Waals surface area contributed by atoms with Crippen molar-refractivity contribution in [1.29, 1.82) is 0 Å². The summed E-state index contributed by atoms with van der Waals surface area (Å²) in [5, 5.41) is 11.2. The second-order valence-corrected chi connectivity index (χ2v) is 3.23. The Kier molecular flexibility index (Phi) is 3.50. The molecule has 1 saturated heterocycles. The molecule has 1 heterocycles. The second kappa shape index (κ2) is 4.64. The minimum absolute atomic E-state index is 0.0639. The van der Waals surface area contributed by atoms with Gasteiger partial charge in [-0.15, -0.1) is 0 Å². The molecule has 5 nitrogen and oxygen atoms in total. The van der Waals surface area contributed by atoms with Crippen molar-refractivity contribution < 1.29 is 14.7 Å². The van der Waals surface area contributed by atoms with Gasteiger partial charge >= 0.3 is 12.0 Å². The first-order valence-corrected chi connectivity index (χ1v) is 4.55. The Hall–Kier alpha value is -1.52. The number of hydrogen-bond donors (Lipinski definition) is 2. The summed E-state index contributed by atoms with van der Waals surface area (Å²) >= 11 is 0. The van der Waals surface area contributed by atoms with E-state index in [-0.39, 0.29) is 11.6 Å². The first-order valence-electron chi connectivity index (χ1n) is 4.55. The number of aliphatic carboxylic acids is 1. The highest BCUT2D eigenvalue weighted by molar-refractivity contribution is 5.85. The molecule has 78 valence electrons. The average molecular weight is 198 g/mol. The van der Waals surface area contributed by atoms with Crippen molar-refractivity contribution in [3.05, 3.63) is 12.2 Å². The quantitative estimate of drug-likeness (QED) is 0.629. The minimum atomic E-state index is -0.962. The summed E-state index contributed by atoms with van der Waals surface area (Å²) in [6, 6.07) is -0.0639. The molecule has 2 N–H and O–H groups in total. The van der Waals surface area contributed by atoms with Gasteiger partial charge < -0.3 is 15.3 Å². The van der Waals surface area contributed by atoms with Gasteiger partial charge in [-0.3, -0.25) is 0 Å². The number of carboxylic acid groups (broad SMARTS) is 1. The first-order chi connectivity index (χ1) is 6.61. The second-order valence-electron chi connectivity index (χ2n) is 3.23. The van der Waals surface area contributed by atoms with Gasteiger partial charge in [0, 0.05) is 25.2 Å². The third-order valence-corrected chi connectivity index (χ3v) is 2.15. The van der Waals surface area contributed by atoms with Crippen LogP contribution in [-0.4, -0.2) is 41.6 Å². The van der Waals surface area contributed by atoms with Crippen LogP contribution < -0.4 is 5.32 Å². The number of carboxylic acids is 1. The highest BCUT2D eigenvalue weighted by atomic mass is 16.4. The molecule has 0 saturated carbocycles. The highest BCUT2D eigenvalue weighted by Crippen LogP contribution is 2.05. The normalized spacial score (nSPS) is 15.4. The first kappa shape index (κ1) is 10.6. The van der Waals surface area contributed by atoms with Crippen molar-refractivity contribution in [2.75, 3.05) is 19.6 Å². The third-order valence-electron chi connectivity index (χ3n) is 2.15. The summed E-state index contributed by atoms with van der Waals surface area (Å²) in [7, 11) is 0. The van der Waals surface area contributed by atoms with Crippen molar-refractivity contribution >= 4 is 12.0 Å². The molecule has 0 atom stereocenters. The van der Waals surface area contributed by atoms with Crippen molar-refractivity contribution in [3.63, 3.8) is 0 Å². The Labute approximate surface area is 82.4 Å². The van der Waals surface area contributed by atoms with Gasteiger partial charge in [0.1, 0.15) is 0 Å². The lowest BCUT2D eigenvalue weighted by atomic mass is 10.1. The molecule has 2 amide bonds. The number of nitrogens with zero attached hydrogens (tertiary/aromatic N) is 1. The van der Waals surface area contributed by atoms with E-state index in [9.17, 15) is 9.59 Å². The fourth-order valence-corrected chi connectivity index (χ4v) is 1.31. The van der Waals surface area contributed by atoms with E-state index < -0.39 is 5.97 Å². The Morgan fingerprint density at radius 2 is 2.36 bits per heavy atom. The van der Waals surface area contributed by atoms with Crippen LogP contribution in [0, 0.1) is 0 Å². The van der Waals surface area contributed by atoms with Gasteiger partial charge in [-0.2, -0.15) is 0 Å². The largest absolute Gasteiger partial charge is 0.478 e. The van der Waals surface area contributed by atoms with Crippen LogP contribution in [0.25, 0.3) is 0 Å². The number of nitrogens with one attached hydrogen (secondary N) is 1. The maximum Gasteiger partial charge on any atom is 0.330 e. The minimum Gasteiger partial charge on any atom is -0.478 e. The molecular weight excluding hydrogens is 184 g/mol. The van der Waals surface area contributed by atoms with Gasteiger partial charge in [0.15, 0.2) is 0 Å². The monoisotopic (exact) mass is 198 g/mol. The Morgan fingerprint density at radius 1 is 1.64 bits per heavy atom. The van der Waals surface area contributed by atoms with E-state index in [1.807, 2.05) is 0 Å². The van der Waals surface area contributed by atoms with Gasteiger partial charge in [-0.05, 0) is 12.8 Å². The summed E-state index contributed by atoms with van der Waals surface area (Å²) in [4.78, 5) is 23.1. The van der Waals surface area contributed by atoms with Crippen LogP contribution in [0.3, 0.4) is 0 Å². The van der Waals surface area contributed by atoms with Crippen molar-refractivity contribution in [2.45, 2.75) is 12.8 Å². The molecule has 0 aliphatic carbocycles. The lowest BCUT2D eigenvalue weighted by Crippen LogP contribution is -2.29. The van der Waals surface area contributed by atoms with Gasteiger partial charge in [0.05, 0.1) is 0 Å². The van der Waals surface area contributed by atoms with Crippen LogP contribution in [0.4, 0.5) is 4.79 Å². The summed E-state index contributed by atoms with van der Waals surface area (Å²) in [5.41, 5.74) is 0.199. The molecule has 1 fully saturated rings. The van der Waals surface area contributed by atoms with E-state index in [1.54, 1.807) is 4.90 Å². The molecular formula is C9H14N2O3. The van der Waals surface area contributed by atoms with Gasteiger partial charge in [-0.1, -0.05) is 6.58 Å². The van der Waals surface area contributed by atoms with E-state index in [4.69, 9.17) is 5.11 Å². The number of hydrogen-bond acceptors (Lipinski definition) is 2. The Morgan fingerprint density at radius 3 is 2.86 bits per heavy atom. The Bertz CT molecular complexity index is 263. The molecule has 0 bridgehead atoms. The van der Waals surface area contributed by atoms with Gasteiger partial charge in [-0.25, -0.2) is 9.59 Å². The SMILES string of the molecule is C=C(CCCN1CCNC1=O)C(=O)O. The van der Waals surface area contributed by atoms with Crippen LogP contribution in [0.15, 0.2) is 12.2 Å². The smallest absolute Gasteiger partial charge is 0.330 e. The van der Waals surface area contributed by atoms with Crippen LogP contribution >= 0.6 is 0 Å². The summed E-state index contributed by atoms with van der Waals surface area (Å²) < 4.78 is 0. The van der Waals surface area contributed by atoms with Crippen molar-refractivity contribution in [3.8, 4) is 0 Å². The molecule has 0 radical (unpaired) electrons. The summed E-state index contributed by atoms with van der Waals surface area (Å²) in [6.45, 7) is 5.40. The number of carbonyl (C=O) groups excluding carboxylic acids is 1. The van der Waals surface area contributed by atoms with Crippen LogP contribution in [-0.2, 0) is 4.79 Å². The van der Waals surface area contributed by atoms with E-state index in [0.29, 0.717) is 32.5 Å². The maximum atomic E-state index is 11.1. The van der Waals surface area contributed by atoms with E-state index in [1.165, 1.54) is 0 Å². The zero-order chi connectivity index (χ0) is 10.6. The molecule has 0 spiro atoms. The van der Waals surface area contributed by atoms with E-state index in [0.717, 1.165) is 0 Å². The van der Waals surface area contributed by atoms with E-state index in [2.05, 4.69) is 11.9 Å². The van der Waals surface area contributed by atoms with Gasteiger partial charge in [0.25, 0.3) is 0 Å². The zero-order valence-electron chi connectivity index (χ0n) is 7.95. The topological polar surface area (TPSA) is 69.6 Å². The maximum absolute atomic E-state index is 11.1. The van der Waals surface area contributed by atoms with Crippen LogP contribution in [0.5, 0.6) is 0 Å². The number of carbonyl (C=O) groups is 2. The van der Waals surface area contributed by atoms with Crippen LogP contribution in [0.1, 0.15) is 12.8 Å². The zero-order valence-corrected chi connectivity index (χ0v) is 7.95. The number of amides is 2. The molecule has 1 aliphatic rings. The fraction of sp³-hybridized carbons (Fsp3) is 0.556. The Balaban J connectivity index is 2.18. The number of urea groups is 1. The predicted octanol–water partition coefficient (Wildman–Crippen LogP) is 0.433. The summed E-state index contributed by atoms with van der Waals surface area (Å²) in [5.74, 6) is -0.962. The average Bonchev–Trinajstić information content (AvgIpc) is 2.51. The highest BCUT2D eigenvalue weighted by Gasteiger charge is 2.18. The molecule has 0 aromatic heterocycles. The molecule has 14 heavy (non-hydrogen) atoms. The van der Waals surface area contributed by atoms with Crippen molar-refractivity contribution in [1.82, 2.24) is 10.2 Å². The molecule has 1 rings (SSSR count). The molecule has 5 heteroatoms. The van der Waals surface area contributed by atoms with Crippen molar-refractivity contribution in [2.24, 2.45) is 0 Å².